The third-order valence-electron chi connectivity index (χ3n) is 8.95. The zero-order valence-electron chi connectivity index (χ0n) is 23.7. The van der Waals surface area contributed by atoms with Crippen LogP contribution in [0.15, 0.2) is 76.7 Å². The van der Waals surface area contributed by atoms with E-state index >= 15 is 4.39 Å². The summed E-state index contributed by atoms with van der Waals surface area (Å²) >= 11 is 0. The monoisotopic (exact) mass is 523 g/mol. The van der Waals surface area contributed by atoms with Gasteiger partial charge in [-0.15, -0.1) is 0 Å². The molecule has 3 atom stereocenters. The second-order valence-corrected chi connectivity index (χ2v) is 12.0. The lowest BCUT2D eigenvalue weighted by molar-refractivity contribution is -0.126. The molecule has 2 aliphatic heterocycles. The summed E-state index contributed by atoms with van der Waals surface area (Å²) in [6.07, 6.45) is 8.15. The summed E-state index contributed by atoms with van der Waals surface area (Å²) < 4.78 is 15.5. The van der Waals surface area contributed by atoms with Crippen LogP contribution in [0.3, 0.4) is 0 Å². The van der Waals surface area contributed by atoms with Gasteiger partial charge in [-0.1, -0.05) is 48.9 Å². The minimum absolute atomic E-state index is 0.00912. The molecule has 1 amide bonds. The molecule has 0 radical (unpaired) electrons. The smallest absolute Gasteiger partial charge is 0.273 e. The van der Waals surface area contributed by atoms with E-state index in [-0.39, 0.29) is 17.8 Å². The molecule has 0 N–H and O–H groups in total. The van der Waals surface area contributed by atoms with Gasteiger partial charge in [-0.05, 0) is 105 Å². The lowest BCUT2D eigenvalue weighted by atomic mass is 9.93. The molecule has 0 spiro atoms. The predicted molar refractivity (Wildman–Crippen MR) is 156 cm³/mol. The van der Waals surface area contributed by atoms with E-state index in [1.54, 1.807) is 6.07 Å². The van der Waals surface area contributed by atoms with Crippen LogP contribution in [0.2, 0.25) is 0 Å². The molecule has 202 valence electrons. The average Bonchev–Trinajstić information content (AvgIpc) is 3.85. The van der Waals surface area contributed by atoms with Gasteiger partial charge in [-0.3, -0.25) is 4.79 Å². The van der Waals surface area contributed by atoms with Gasteiger partial charge in [-0.2, -0.15) is 0 Å². The highest BCUT2D eigenvalue weighted by Crippen LogP contribution is 2.47. The molecule has 4 aliphatic rings. The van der Waals surface area contributed by atoms with Crippen LogP contribution in [0.1, 0.15) is 81.2 Å². The van der Waals surface area contributed by atoms with Crippen LogP contribution in [-0.2, 0) is 11.2 Å². The van der Waals surface area contributed by atoms with Gasteiger partial charge in [0.25, 0.3) is 5.91 Å². The van der Waals surface area contributed by atoms with Crippen molar-refractivity contribution in [2.75, 3.05) is 13.6 Å². The van der Waals surface area contributed by atoms with E-state index in [2.05, 4.69) is 43.0 Å². The lowest BCUT2D eigenvalue weighted by Gasteiger charge is -2.36. The van der Waals surface area contributed by atoms with Gasteiger partial charge in [0.1, 0.15) is 17.3 Å². The number of hydrogen-bond acceptors (Lipinski definition) is 3. The predicted octanol–water partition coefficient (Wildman–Crippen LogP) is 7.41. The highest BCUT2D eigenvalue weighted by molar-refractivity contribution is 6.44. The SMILES string of the molecule is CC(C)=C(/C=C1/N=C(C(=O)N2CCc3ccccc3C2C)C=C(C2CC2)N1C)c1ccc(C2C[C@H]2C)cc1F. The second-order valence-electron chi connectivity index (χ2n) is 12.0. The number of hydrogen-bond donors (Lipinski definition) is 0. The van der Waals surface area contributed by atoms with Crippen LogP contribution in [0.4, 0.5) is 4.39 Å². The van der Waals surface area contributed by atoms with Gasteiger partial charge in [0.15, 0.2) is 0 Å². The molecule has 2 heterocycles. The quantitative estimate of drug-likeness (QED) is 0.409. The number of nitrogens with zero attached hydrogens (tertiary/aromatic N) is 3. The van der Waals surface area contributed by atoms with Crippen LogP contribution >= 0.6 is 0 Å². The van der Waals surface area contributed by atoms with Crippen molar-refractivity contribution in [1.82, 2.24) is 9.80 Å². The number of benzene rings is 2. The van der Waals surface area contributed by atoms with Crippen LogP contribution in [0, 0.1) is 17.7 Å². The topological polar surface area (TPSA) is 35.9 Å². The molecule has 5 heteroatoms. The molecular weight excluding hydrogens is 485 g/mol. The Labute approximate surface area is 231 Å². The second kappa shape index (κ2) is 9.93. The van der Waals surface area contributed by atoms with E-state index in [0.717, 1.165) is 48.1 Å². The normalized spacial score (nSPS) is 25.2. The summed E-state index contributed by atoms with van der Waals surface area (Å²) in [7, 11) is 2.01. The maximum atomic E-state index is 15.5. The zero-order chi connectivity index (χ0) is 27.4. The fourth-order valence-electron chi connectivity index (χ4n) is 6.19. The van der Waals surface area contributed by atoms with E-state index < -0.39 is 0 Å². The molecule has 4 nitrogen and oxygen atoms in total. The Hall–Kier alpha value is -3.47. The lowest BCUT2D eigenvalue weighted by Crippen LogP contribution is -2.43. The fourth-order valence-corrected chi connectivity index (χ4v) is 6.19. The third-order valence-corrected chi connectivity index (χ3v) is 8.95. The third kappa shape index (κ3) is 4.88. The summed E-state index contributed by atoms with van der Waals surface area (Å²) in [5.74, 6) is 1.98. The van der Waals surface area contributed by atoms with Gasteiger partial charge in [-0.25, -0.2) is 9.38 Å². The largest absolute Gasteiger partial charge is 0.333 e. The molecule has 0 saturated heterocycles. The molecule has 2 aliphatic carbocycles. The van der Waals surface area contributed by atoms with Crippen molar-refractivity contribution in [2.45, 2.75) is 65.3 Å². The summed E-state index contributed by atoms with van der Waals surface area (Å²) in [6.45, 7) is 9.00. The van der Waals surface area contributed by atoms with Crippen LogP contribution in [0.25, 0.3) is 5.57 Å². The van der Waals surface area contributed by atoms with Crippen molar-refractivity contribution in [3.8, 4) is 0 Å². The maximum Gasteiger partial charge on any atom is 0.273 e. The molecular formula is C34H38FN3O. The highest BCUT2D eigenvalue weighted by atomic mass is 19.1. The molecule has 2 unspecified atom stereocenters. The summed E-state index contributed by atoms with van der Waals surface area (Å²) in [5.41, 5.74) is 7.61. The number of aliphatic imine (C=N–C) groups is 1. The molecule has 0 bridgehead atoms. The standard InChI is InChI=1S/C34H38FN3O/c1-20(2)28(27-13-12-25(17-30(27)35)29-16-21(29)3)18-33-36-31(19-32(37(33)5)24-10-11-24)34(39)38-15-14-23-8-6-7-9-26(23)22(38)4/h6-9,12-13,17-19,21-22,24,29H,10-11,14-16H2,1-5H3/b33-18-/t21-,22?,29?/m1/s1. The van der Waals surface area contributed by atoms with Gasteiger partial charge in [0, 0.05) is 24.9 Å². The number of halogens is 1. The van der Waals surface area contributed by atoms with Crippen molar-refractivity contribution >= 4 is 17.2 Å². The highest BCUT2D eigenvalue weighted by Gasteiger charge is 2.36. The van der Waals surface area contributed by atoms with Crippen LogP contribution in [0.5, 0.6) is 0 Å². The van der Waals surface area contributed by atoms with Gasteiger partial charge in [0.05, 0.1) is 6.04 Å². The van der Waals surface area contributed by atoms with E-state index in [4.69, 9.17) is 4.99 Å². The first-order valence-electron chi connectivity index (χ1n) is 14.3. The molecule has 2 aromatic carbocycles. The molecule has 0 aromatic heterocycles. The number of carbonyl (C=O) groups is 1. The molecule has 2 fully saturated rings. The number of fused-ring (bicyclic) bond motifs is 1. The minimum Gasteiger partial charge on any atom is -0.333 e. The van der Waals surface area contributed by atoms with Crippen LogP contribution in [-0.4, -0.2) is 35.0 Å². The summed E-state index contributed by atoms with van der Waals surface area (Å²) in [6, 6.07) is 14.1. The van der Waals surface area contributed by atoms with Crippen LogP contribution < -0.4 is 0 Å². The van der Waals surface area contributed by atoms with Crippen molar-refractivity contribution in [2.24, 2.45) is 16.8 Å². The average molecular weight is 524 g/mol. The van der Waals surface area contributed by atoms with E-state index in [9.17, 15) is 4.79 Å². The Bertz CT molecular complexity index is 1460. The van der Waals surface area contributed by atoms with E-state index in [0.29, 0.717) is 41.4 Å². The number of rotatable bonds is 5. The van der Waals surface area contributed by atoms with Gasteiger partial charge >= 0.3 is 0 Å². The Balaban J connectivity index is 1.35. The summed E-state index contributed by atoms with van der Waals surface area (Å²) in [5, 5.41) is 0. The Morgan fingerprint density at radius 2 is 1.85 bits per heavy atom. The Kier molecular flexibility index (Phi) is 6.57. The van der Waals surface area contributed by atoms with Gasteiger partial charge in [0.2, 0.25) is 0 Å². The minimum atomic E-state index is -0.197. The molecule has 2 saturated carbocycles. The zero-order valence-corrected chi connectivity index (χ0v) is 23.7. The number of amides is 1. The molecule has 39 heavy (non-hydrogen) atoms. The van der Waals surface area contributed by atoms with E-state index in [1.807, 2.05) is 50.1 Å². The van der Waals surface area contributed by atoms with Crippen molar-refractivity contribution in [3.63, 3.8) is 0 Å². The Morgan fingerprint density at radius 3 is 2.51 bits per heavy atom. The Morgan fingerprint density at radius 1 is 1.10 bits per heavy atom. The van der Waals surface area contributed by atoms with Gasteiger partial charge < -0.3 is 9.80 Å². The van der Waals surface area contributed by atoms with Crippen molar-refractivity contribution < 1.29 is 9.18 Å². The first kappa shape index (κ1) is 25.8. The fraction of sp³-hybridized carbons (Fsp3) is 0.412. The summed E-state index contributed by atoms with van der Waals surface area (Å²) in [4.78, 5) is 22.9. The first-order valence-corrected chi connectivity index (χ1v) is 14.3. The number of allylic oxidation sites excluding steroid dienone is 4. The maximum absolute atomic E-state index is 15.5. The van der Waals surface area contributed by atoms with Crippen molar-refractivity contribution in [1.29, 1.82) is 0 Å². The number of carbonyl (C=O) groups excluding carboxylic acids is 1. The van der Waals surface area contributed by atoms with E-state index in [1.165, 1.54) is 11.1 Å². The van der Waals surface area contributed by atoms with Crippen molar-refractivity contribution in [3.05, 3.63) is 99.8 Å². The first-order chi connectivity index (χ1) is 18.7. The molecule has 2 aromatic rings. The molecule has 6 rings (SSSR count).